The summed E-state index contributed by atoms with van der Waals surface area (Å²) < 4.78 is 0. The topological polar surface area (TPSA) is 38.0 Å². The van der Waals surface area contributed by atoms with E-state index in [0.717, 1.165) is 17.6 Å². The zero-order valence-electron chi connectivity index (χ0n) is 22.1. The Balaban J connectivity index is 2.28. The molecule has 1 atom stereocenters. The highest BCUT2D eigenvalue weighted by Gasteiger charge is 2.13. The van der Waals surface area contributed by atoms with Gasteiger partial charge in [0, 0.05) is 6.54 Å². The molecular weight excluding hydrogens is 412 g/mol. The van der Waals surface area contributed by atoms with Crippen molar-refractivity contribution in [3.05, 3.63) is 107 Å². The summed E-state index contributed by atoms with van der Waals surface area (Å²) in [4.78, 5) is 0. The van der Waals surface area contributed by atoms with Gasteiger partial charge in [0.1, 0.15) is 0 Å². The highest BCUT2D eigenvalue weighted by atomic mass is 14.9. The second-order valence-electron chi connectivity index (χ2n) is 10.5. The van der Waals surface area contributed by atoms with E-state index in [9.17, 15) is 0 Å². The molecule has 3 N–H and O–H groups in total. The van der Waals surface area contributed by atoms with Crippen molar-refractivity contribution in [1.82, 2.24) is 5.32 Å². The normalized spacial score (nSPS) is 14.0. The molecule has 2 aromatic carbocycles. The van der Waals surface area contributed by atoms with Gasteiger partial charge in [-0.3, -0.25) is 0 Å². The third-order valence-electron chi connectivity index (χ3n) is 6.02. The van der Waals surface area contributed by atoms with Gasteiger partial charge in [-0.1, -0.05) is 114 Å². The summed E-state index contributed by atoms with van der Waals surface area (Å²) >= 11 is 0. The molecule has 0 bridgehead atoms. The van der Waals surface area contributed by atoms with Crippen LogP contribution in [0.3, 0.4) is 0 Å². The van der Waals surface area contributed by atoms with Crippen molar-refractivity contribution in [2.75, 3.05) is 6.54 Å². The molecule has 0 aliphatic carbocycles. The second kappa shape index (κ2) is 13.2. The first kappa shape index (κ1) is 27.4. The van der Waals surface area contributed by atoms with E-state index in [1.165, 1.54) is 28.7 Å². The van der Waals surface area contributed by atoms with E-state index >= 15 is 0 Å². The molecule has 182 valence electrons. The Morgan fingerprint density at radius 3 is 2.18 bits per heavy atom. The van der Waals surface area contributed by atoms with E-state index < -0.39 is 0 Å². The van der Waals surface area contributed by atoms with Crippen LogP contribution in [-0.2, 0) is 5.41 Å². The number of nitrogens with one attached hydrogen (secondary N) is 1. The van der Waals surface area contributed by atoms with Crippen LogP contribution < -0.4 is 11.1 Å². The Morgan fingerprint density at radius 1 is 1.00 bits per heavy atom. The van der Waals surface area contributed by atoms with Gasteiger partial charge in [0.05, 0.1) is 6.04 Å². The average molecular weight is 457 g/mol. The Bertz CT molecular complexity index is 981. The molecule has 0 aliphatic rings. The first-order chi connectivity index (χ1) is 16.1. The summed E-state index contributed by atoms with van der Waals surface area (Å²) in [5.41, 5.74) is 13.2. The van der Waals surface area contributed by atoms with E-state index in [2.05, 4.69) is 120 Å². The summed E-state index contributed by atoms with van der Waals surface area (Å²) in [6, 6.07) is 17.8. The Kier molecular flexibility index (Phi) is 10.6. The quantitative estimate of drug-likeness (QED) is 0.334. The molecule has 0 aliphatic heterocycles. The largest absolute Gasteiger partial charge is 0.384 e. The van der Waals surface area contributed by atoms with Gasteiger partial charge in [-0.25, -0.2) is 0 Å². The number of rotatable bonds is 11. The van der Waals surface area contributed by atoms with Crippen LogP contribution in [0.1, 0.15) is 82.7 Å². The van der Waals surface area contributed by atoms with E-state index in [0.29, 0.717) is 12.5 Å². The molecule has 0 aromatic heterocycles. The maximum Gasteiger partial charge on any atom is 0.0508 e. The summed E-state index contributed by atoms with van der Waals surface area (Å²) in [7, 11) is 0. The molecule has 0 spiro atoms. The summed E-state index contributed by atoms with van der Waals surface area (Å²) in [5.74, 6) is 0.672. The number of nitrogens with two attached hydrogens (primary N) is 1. The zero-order chi connectivity index (χ0) is 25.1. The summed E-state index contributed by atoms with van der Waals surface area (Å²) in [5, 5.41) is 3.69. The van der Waals surface area contributed by atoms with Gasteiger partial charge in [-0.05, 0) is 70.7 Å². The highest BCUT2D eigenvalue weighted by molar-refractivity contribution is 5.76. The van der Waals surface area contributed by atoms with Crippen LogP contribution in [0, 0.1) is 5.92 Å². The molecule has 0 amide bonds. The van der Waals surface area contributed by atoms with E-state index in [1.54, 1.807) is 0 Å². The second-order valence-corrected chi connectivity index (χ2v) is 10.5. The minimum Gasteiger partial charge on any atom is -0.384 e. The van der Waals surface area contributed by atoms with Crippen LogP contribution in [-0.4, -0.2) is 6.54 Å². The predicted octanol–water partition coefficient (Wildman–Crippen LogP) is 8.20. The molecule has 0 radical (unpaired) electrons. The fourth-order valence-corrected chi connectivity index (χ4v) is 3.81. The van der Waals surface area contributed by atoms with Gasteiger partial charge in [-0.15, -0.1) is 0 Å². The molecule has 0 saturated carbocycles. The number of hydrogen-bond donors (Lipinski definition) is 2. The molecular formula is C32H44N2. The fourth-order valence-electron chi connectivity index (χ4n) is 3.81. The highest BCUT2D eigenvalue weighted by Crippen LogP contribution is 2.26. The molecule has 34 heavy (non-hydrogen) atoms. The minimum atomic E-state index is 0.143. The molecule has 0 fully saturated rings. The van der Waals surface area contributed by atoms with Crippen LogP contribution >= 0.6 is 0 Å². The fraction of sp³-hybridized carbons (Fsp3) is 0.375. The average Bonchev–Trinajstić information content (AvgIpc) is 2.81. The number of hydrogen-bond acceptors (Lipinski definition) is 2. The molecule has 2 rings (SSSR count). The Hall–Kier alpha value is -2.84. The Morgan fingerprint density at radius 2 is 1.65 bits per heavy atom. The maximum absolute atomic E-state index is 5.76. The van der Waals surface area contributed by atoms with E-state index in [1.807, 2.05) is 12.2 Å². The number of allylic oxidation sites excluding steroid dienone is 4. The van der Waals surface area contributed by atoms with Gasteiger partial charge in [-0.2, -0.15) is 0 Å². The van der Waals surface area contributed by atoms with Crippen molar-refractivity contribution in [1.29, 1.82) is 0 Å². The molecule has 0 heterocycles. The minimum absolute atomic E-state index is 0.143. The molecule has 0 saturated heterocycles. The summed E-state index contributed by atoms with van der Waals surface area (Å²) in [6.07, 6.45) is 12.7. The Labute approximate surface area is 208 Å². The third kappa shape index (κ3) is 8.83. The lowest BCUT2D eigenvalue weighted by Crippen LogP contribution is -2.16. The van der Waals surface area contributed by atoms with Gasteiger partial charge in [0.15, 0.2) is 0 Å². The smallest absolute Gasteiger partial charge is 0.0508 e. The lowest BCUT2D eigenvalue weighted by atomic mass is 9.86. The van der Waals surface area contributed by atoms with Crippen LogP contribution in [0.15, 0.2) is 85.1 Å². The van der Waals surface area contributed by atoms with Gasteiger partial charge in [0.2, 0.25) is 0 Å². The first-order valence-electron chi connectivity index (χ1n) is 12.5. The van der Waals surface area contributed by atoms with Crippen molar-refractivity contribution in [2.45, 2.75) is 65.8 Å². The molecule has 1 unspecified atom stereocenters. The van der Waals surface area contributed by atoms with Crippen LogP contribution in [0.25, 0.3) is 11.6 Å². The number of benzene rings is 2. The first-order valence-corrected chi connectivity index (χ1v) is 12.5. The van der Waals surface area contributed by atoms with Crippen molar-refractivity contribution < 1.29 is 0 Å². The van der Waals surface area contributed by atoms with Crippen molar-refractivity contribution in [2.24, 2.45) is 11.7 Å². The van der Waals surface area contributed by atoms with Gasteiger partial charge < -0.3 is 11.1 Å². The monoisotopic (exact) mass is 456 g/mol. The third-order valence-corrected chi connectivity index (χ3v) is 6.02. The van der Waals surface area contributed by atoms with Crippen LogP contribution in [0.4, 0.5) is 0 Å². The molecule has 2 nitrogen and oxygen atoms in total. The zero-order valence-corrected chi connectivity index (χ0v) is 22.1. The van der Waals surface area contributed by atoms with E-state index in [-0.39, 0.29) is 11.5 Å². The van der Waals surface area contributed by atoms with E-state index in [4.69, 9.17) is 5.73 Å². The molecule has 2 heteroatoms. The molecule has 2 aromatic rings. The predicted molar refractivity (Wildman–Crippen MR) is 152 cm³/mol. The standard InChI is InChI=1S/C32H44N2/c1-8-26-12-14-28(15-13-26)31(20-11-24(2)3)34-23-25(4)22-29(10-9-21-33)27-16-18-30(19-17-27)32(5,6)7/h8-10,12-19,22-24,31,34H,1,11,20-21,33H2,2-7H3/b10-9-,25-23+,29-22+. The van der Waals surface area contributed by atoms with Gasteiger partial charge >= 0.3 is 0 Å². The maximum atomic E-state index is 5.76. The lowest BCUT2D eigenvalue weighted by molar-refractivity contribution is 0.474. The van der Waals surface area contributed by atoms with Crippen LogP contribution in [0.5, 0.6) is 0 Å². The van der Waals surface area contributed by atoms with Crippen molar-refractivity contribution >= 4 is 11.6 Å². The lowest BCUT2D eigenvalue weighted by Gasteiger charge is -2.20. The summed E-state index contributed by atoms with van der Waals surface area (Å²) in [6.45, 7) is 17.8. The van der Waals surface area contributed by atoms with Gasteiger partial charge in [0.25, 0.3) is 0 Å². The SMILES string of the molecule is C=Cc1ccc(C(CCC(C)C)N/C=C(C)/C=C(\C=C/CN)c2ccc(C(C)(C)C)cc2)cc1. The van der Waals surface area contributed by atoms with Crippen molar-refractivity contribution in [3.63, 3.8) is 0 Å². The van der Waals surface area contributed by atoms with Crippen molar-refractivity contribution in [3.8, 4) is 0 Å². The van der Waals surface area contributed by atoms with Crippen LogP contribution in [0.2, 0.25) is 0 Å².